The predicted molar refractivity (Wildman–Crippen MR) is 92.0 cm³/mol. The molecule has 0 radical (unpaired) electrons. The number of likely N-dealkylation sites (N-methyl/N-ethyl adjacent to an activating group) is 1. The van der Waals surface area contributed by atoms with Crippen molar-refractivity contribution < 1.29 is 9.53 Å². The summed E-state index contributed by atoms with van der Waals surface area (Å²) < 4.78 is 5.50. The molecule has 0 bridgehead atoms. The van der Waals surface area contributed by atoms with Gasteiger partial charge in [0.25, 0.3) is 0 Å². The third-order valence-electron chi connectivity index (χ3n) is 3.26. The van der Waals surface area contributed by atoms with Gasteiger partial charge in [0.2, 0.25) is 0 Å². The first-order valence-electron chi connectivity index (χ1n) is 7.80. The second-order valence-electron chi connectivity index (χ2n) is 4.90. The summed E-state index contributed by atoms with van der Waals surface area (Å²) in [5.41, 5.74) is 0.647. The monoisotopic (exact) mass is 327 g/mol. The molecule has 0 atom stereocenters. The van der Waals surface area contributed by atoms with Crippen LogP contribution >= 0.6 is 11.6 Å². The molecule has 0 saturated carbocycles. The SMILES string of the molecule is CCCOc1ccc(NC(=O)NCCN(CC)CC)cc1Cl. The predicted octanol–water partition coefficient (Wildman–Crippen LogP) is 3.59. The van der Waals surface area contributed by atoms with Gasteiger partial charge in [-0.1, -0.05) is 32.4 Å². The van der Waals surface area contributed by atoms with E-state index in [1.807, 2.05) is 6.92 Å². The van der Waals surface area contributed by atoms with Crippen molar-refractivity contribution in [1.29, 1.82) is 0 Å². The number of amides is 2. The number of carbonyl (C=O) groups is 1. The Kier molecular flexibility index (Phi) is 8.70. The molecule has 0 aliphatic rings. The van der Waals surface area contributed by atoms with Crippen molar-refractivity contribution in [3.63, 3.8) is 0 Å². The Labute approximate surface area is 138 Å². The fourth-order valence-corrected chi connectivity index (χ4v) is 2.19. The molecule has 0 heterocycles. The second kappa shape index (κ2) is 10.3. The zero-order chi connectivity index (χ0) is 16.4. The van der Waals surface area contributed by atoms with E-state index < -0.39 is 0 Å². The van der Waals surface area contributed by atoms with Crippen LogP contribution in [0.5, 0.6) is 5.75 Å². The average molecular weight is 328 g/mol. The average Bonchev–Trinajstić information content (AvgIpc) is 2.51. The van der Waals surface area contributed by atoms with Gasteiger partial charge in [-0.25, -0.2) is 4.79 Å². The van der Waals surface area contributed by atoms with E-state index in [0.29, 0.717) is 29.6 Å². The lowest BCUT2D eigenvalue weighted by molar-refractivity contribution is 0.248. The van der Waals surface area contributed by atoms with E-state index in [9.17, 15) is 4.79 Å². The lowest BCUT2D eigenvalue weighted by Gasteiger charge is -2.18. The number of benzene rings is 1. The zero-order valence-electron chi connectivity index (χ0n) is 13.6. The van der Waals surface area contributed by atoms with Crippen LogP contribution in [0.25, 0.3) is 0 Å². The molecule has 0 spiro atoms. The van der Waals surface area contributed by atoms with Crippen molar-refractivity contribution in [1.82, 2.24) is 10.2 Å². The molecule has 0 unspecified atom stereocenters. The Morgan fingerprint density at radius 3 is 2.59 bits per heavy atom. The molecule has 22 heavy (non-hydrogen) atoms. The van der Waals surface area contributed by atoms with Gasteiger partial charge in [-0.15, -0.1) is 0 Å². The first-order chi connectivity index (χ1) is 10.6. The molecule has 0 saturated heterocycles. The number of rotatable bonds is 9. The summed E-state index contributed by atoms with van der Waals surface area (Å²) in [7, 11) is 0. The van der Waals surface area contributed by atoms with E-state index in [-0.39, 0.29) is 6.03 Å². The standard InChI is InChI=1S/C16H26ClN3O2/c1-4-11-22-15-8-7-13(12-14(15)17)19-16(21)18-9-10-20(5-2)6-3/h7-8,12H,4-6,9-11H2,1-3H3,(H2,18,19,21). The van der Waals surface area contributed by atoms with E-state index in [0.717, 1.165) is 26.1 Å². The maximum absolute atomic E-state index is 11.8. The molecule has 2 amide bonds. The minimum absolute atomic E-state index is 0.231. The molecule has 0 fully saturated rings. The van der Waals surface area contributed by atoms with Crippen LogP contribution in [-0.2, 0) is 0 Å². The van der Waals surface area contributed by atoms with Crippen LogP contribution in [0.4, 0.5) is 10.5 Å². The molecule has 2 N–H and O–H groups in total. The fraction of sp³-hybridized carbons (Fsp3) is 0.562. The second-order valence-corrected chi connectivity index (χ2v) is 5.31. The highest BCUT2D eigenvalue weighted by Gasteiger charge is 2.06. The highest BCUT2D eigenvalue weighted by molar-refractivity contribution is 6.32. The van der Waals surface area contributed by atoms with Crippen LogP contribution in [-0.4, -0.2) is 43.7 Å². The molecular weight excluding hydrogens is 302 g/mol. The Bertz CT molecular complexity index is 465. The normalized spacial score (nSPS) is 10.6. The van der Waals surface area contributed by atoms with Crippen LogP contribution < -0.4 is 15.4 Å². The highest BCUT2D eigenvalue weighted by Crippen LogP contribution is 2.27. The Hall–Kier alpha value is -1.46. The van der Waals surface area contributed by atoms with Gasteiger partial charge in [0.15, 0.2) is 0 Å². The minimum Gasteiger partial charge on any atom is -0.492 e. The molecule has 6 heteroatoms. The number of nitrogens with one attached hydrogen (secondary N) is 2. The molecule has 124 valence electrons. The third kappa shape index (κ3) is 6.54. The Morgan fingerprint density at radius 1 is 1.27 bits per heavy atom. The van der Waals surface area contributed by atoms with Gasteiger partial charge in [-0.2, -0.15) is 0 Å². The molecule has 5 nitrogen and oxygen atoms in total. The summed E-state index contributed by atoms with van der Waals surface area (Å²) in [5.74, 6) is 0.635. The number of halogens is 1. The van der Waals surface area contributed by atoms with Gasteiger partial charge in [0.05, 0.1) is 11.6 Å². The summed E-state index contributed by atoms with van der Waals surface area (Å²) in [6.07, 6.45) is 0.922. The zero-order valence-corrected chi connectivity index (χ0v) is 14.4. The summed E-state index contributed by atoms with van der Waals surface area (Å²) in [5, 5.41) is 6.09. The third-order valence-corrected chi connectivity index (χ3v) is 3.55. The van der Waals surface area contributed by atoms with Gasteiger partial charge >= 0.3 is 6.03 Å². The van der Waals surface area contributed by atoms with Crippen LogP contribution in [0.15, 0.2) is 18.2 Å². The first-order valence-corrected chi connectivity index (χ1v) is 8.18. The Morgan fingerprint density at radius 2 is 2.00 bits per heavy atom. The lowest BCUT2D eigenvalue weighted by Crippen LogP contribution is -2.36. The maximum atomic E-state index is 11.8. The number of urea groups is 1. The summed E-state index contributed by atoms with van der Waals surface area (Å²) in [4.78, 5) is 14.1. The minimum atomic E-state index is -0.231. The summed E-state index contributed by atoms with van der Waals surface area (Å²) in [6.45, 7) is 10.3. The lowest BCUT2D eigenvalue weighted by atomic mass is 10.3. The molecule has 0 aliphatic heterocycles. The number of nitrogens with zero attached hydrogens (tertiary/aromatic N) is 1. The molecule has 1 rings (SSSR count). The van der Waals surface area contributed by atoms with Crippen molar-refractivity contribution in [2.45, 2.75) is 27.2 Å². The summed E-state index contributed by atoms with van der Waals surface area (Å²) >= 11 is 6.13. The molecule has 1 aromatic rings. The van der Waals surface area contributed by atoms with Crippen LogP contribution in [0.1, 0.15) is 27.2 Å². The van der Waals surface area contributed by atoms with Crippen molar-refractivity contribution in [2.75, 3.05) is 38.1 Å². The topological polar surface area (TPSA) is 53.6 Å². The van der Waals surface area contributed by atoms with Crippen molar-refractivity contribution >= 4 is 23.3 Å². The van der Waals surface area contributed by atoms with Gasteiger partial charge in [0.1, 0.15) is 5.75 Å². The van der Waals surface area contributed by atoms with Crippen LogP contribution in [0, 0.1) is 0 Å². The molecule has 0 aliphatic carbocycles. The number of hydrogen-bond donors (Lipinski definition) is 2. The number of ether oxygens (including phenoxy) is 1. The number of carbonyl (C=O) groups excluding carboxylic acids is 1. The number of hydrogen-bond acceptors (Lipinski definition) is 3. The van der Waals surface area contributed by atoms with E-state index in [2.05, 4.69) is 29.4 Å². The van der Waals surface area contributed by atoms with Crippen molar-refractivity contribution in [3.05, 3.63) is 23.2 Å². The van der Waals surface area contributed by atoms with E-state index in [4.69, 9.17) is 16.3 Å². The van der Waals surface area contributed by atoms with E-state index >= 15 is 0 Å². The van der Waals surface area contributed by atoms with Gasteiger partial charge < -0.3 is 20.3 Å². The smallest absolute Gasteiger partial charge is 0.319 e. The first kappa shape index (κ1) is 18.6. The maximum Gasteiger partial charge on any atom is 0.319 e. The quantitative estimate of drug-likeness (QED) is 0.728. The van der Waals surface area contributed by atoms with Crippen LogP contribution in [0.2, 0.25) is 5.02 Å². The van der Waals surface area contributed by atoms with Crippen LogP contribution in [0.3, 0.4) is 0 Å². The molecular formula is C16H26ClN3O2. The van der Waals surface area contributed by atoms with Gasteiger partial charge in [-0.05, 0) is 37.7 Å². The van der Waals surface area contributed by atoms with Gasteiger partial charge in [0, 0.05) is 18.8 Å². The van der Waals surface area contributed by atoms with Crippen molar-refractivity contribution in [2.24, 2.45) is 0 Å². The summed E-state index contributed by atoms with van der Waals surface area (Å²) in [6, 6.07) is 5.01. The largest absolute Gasteiger partial charge is 0.492 e. The number of anilines is 1. The van der Waals surface area contributed by atoms with E-state index in [1.54, 1.807) is 18.2 Å². The Balaban J connectivity index is 2.42. The molecule has 0 aromatic heterocycles. The van der Waals surface area contributed by atoms with Gasteiger partial charge in [-0.3, -0.25) is 0 Å². The highest BCUT2D eigenvalue weighted by atomic mass is 35.5. The fourth-order valence-electron chi connectivity index (χ4n) is 1.95. The molecule has 1 aromatic carbocycles. The van der Waals surface area contributed by atoms with Crippen molar-refractivity contribution in [3.8, 4) is 5.75 Å². The van der Waals surface area contributed by atoms with E-state index in [1.165, 1.54) is 0 Å².